The van der Waals surface area contributed by atoms with Crippen LogP contribution in [0.5, 0.6) is 0 Å². The average molecular weight is 275 g/mol. The SMILES string of the molecule is Cc1cc2nc(N)nn2cc1N1CCCC(C(=O)O)C1. The number of fused-ring (bicyclic) bond motifs is 1. The Labute approximate surface area is 116 Å². The maximum atomic E-state index is 11.2. The van der Waals surface area contributed by atoms with E-state index in [9.17, 15) is 9.90 Å². The maximum Gasteiger partial charge on any atom is 0.308 e. The molecule has 0 aliphatic carbocycles. The molecule has 106 valence electrons. The van der Waals surface area contributed by atoms with E-state index >= 15 is 0 Å². The summed E-state index contributed by atoms with van der Waals surface area (Å²) in [5.74, 6) is -0.790. The normalized spacial score (nSPS) is 19.4. The summed E-state index contributed by atoms with van der Waals surface area (Å²) >= 11 is 0. The Morgan fingerprint density at radius 2 is 2.35 bits per heavy atom. The van der Waals surface area contributed by atoms with Gasteiger partial charge in [-0.2, -0.15) is 4.98 Å². The first-order valence-electron chi connectivity index (χ1n) is 6.65. The van der Waals surface area contributed by atoms with Gasteiger partial charge in [0.05, 0.1) is 17.8 Å². The van der Waals surface area contributed by atoms with E-state index in [4.69, 9.17) is 5.73 Å². The molecule has 0 aromatic carbocycles. The number of carbonyl (C=O) groups is 1. The van der Waals surface area contributed by atoms with Crippen molar-refractivity contribution in [1.29, 1.82) is 0 Å². The van der Waals surface area contributed by atoms with E-state index in [0.29, 0.717) is 12.2 Å². The maximum absolute atomic E-state index is 11.2. The van der Waals surface area contributed by atoms with Crippen molar-refractivity contribution >= 4 is 23.3 Å². The molecule has 1 unspecified atom stereocenters. The van der Waals surface area contributed by atoms with Crippen LogP contribution in [0, 0.1) is 12.8 Å². The first-order valence-corrected chi connectivity index (χ1v) is 6.65. The van der Waals surface area contributed by atoms with Gasteiger partial charge in [0.2, 0.25) is 5.95 Å². The lowest BCUT2D eigenvalue weighted by atomic mass is 9.97. The fourth-order valence-electron chi connectivity index (χ4n) is 2.76. The first-order chi connectivity index (χ1) is 9.54. The molecule has 0 radical (unpaired) electrons. The molecule has 3 rings (SSSR count). The Morgan fingerprint density at radius 1 is 1.55 bits per heavy atom. The van der Waals surface area contributed by atoms with Crippen molar-refractivity contribution in [3.63, 3.8) is 0 Å². The molecule has 7 heteroatoms. The number of aryl methyl sites for hydroxylation is 1. The minimum atomic E-state index is -0.724. The molecule has 1 aliphatic heterocycles. The molecule has 7 nitrogen and oxygen atoms in total. The number of rotatable bonds is 2. The number of aliphatic carboxylic acids is 1. The zero-order valence-electron chi connectivity index (χ0n) is 11.3. The van der Waals surface area contributed by atoms with Crippen LogP contribution in [-0.4, -0.2) is 38.8 Å². The largest absolute Gasteiger partial charge is 0.481 e. The minimum absolute atomic E-state index is 0.239. The molecule has 2 aromatic heterocycles. The molecular weight excluding hydrogens is 258 g/mol. The fraction of sp³-hybridized carbons (Fsp3) is 0.462. The molecule has 1 aliphatic rings. The molecule has 0 spiro atoms. The molecule has 3 heterocycles. The highest BCUT2D eigenvalue weighted by Gasteiger charge is 2.26. The Bertz CT molecular complexity index is 666. The van der Waals surface area contributed by atoms with Gasteiger partial charge in [-0.1, -0.05) is 0 Å². The average Bonchev–Trinajstić information content (AvgIpc) is 2.77. The van der Waals surface area contributed by atoms with Crippen molar-refractivity contribution in [2.75, 3.05) is 23.7 Å². The van der Waals surface area contributed by atoms with Crippen molar-refractivity contribution in [2.24, 2.45) is 5.92 Å². The number of anilines is 2. The van der Waals surface area contributed by atoms with Crippen LogP contribution < -0.4 is 10.6 Å². The summed E-state index contributed by atoms with van der Waals surface area (Å²) < 4.78 is 1.64. The molecule has 20 heavy (non-hydrogen) atoms. The Balaban J connectivity index is 1.96. The quantitative estimate of drug-likeness (QED) is 0.846. The molecule has 0 bridgehead atoms. The molecule has 3 N–H and O–H groups in total. The van der Waals surface area contributed by atoms with E-state index in [2.05, 4.69) is 15.0 Å². The number of carboxylic acid groups (broad SMARTS) is 1. The summed E-state index contributed by atoms with van der Waals surface area (Å²) in [7, 11) is 0. The van der Waals surface area contributed by atoms with Crippen LogP contribution in [0.2, 0.25) is 0 Å². The van der Waals surface area contributed by atoms with E-state index in [0.717, 1.165) is 30.6 Å². The van der Waals surface area contributed by atoms with Crippen molar-refractivity contribution in [2.45, 2.75) is 19.8 Å². The van der Waals surface area contributed by atoms with Gasteiger partial charge < -0.3 is 15.7 Å². The van der Waals surface area contributed by atoms with Crippen molar-refractivity contribution < 1.29 is 9.90 Å². The predicted molar refractivity (Wildman–Crippen MR) is 74.7 cm³/mol. The van der Waals surface area contributed by atoms with Crippen LogP contribution in [0.1, 0.15) is 18.4 Å². The second-order valence-corrected chi connectivity index (χ2v) is 5.24. The van der Waals surface area contributed by atoms with Gasteiger partial charge >= 0.3 is 5.97 Å². The van der Waals surface area contributed by atoms with Crippen molar-refractivity contribution in [3.8, 4) is 0 Å². The molecule has 0 saturated carbocycles. The van der Waals surface area contributed by atoms with Crippen LogP contribution in [0.4, 0.5) is 11.6 Å². The summed E-state index contributed by atoms with van der Waals surface area (Å²) in [5.41, 5.74) is 8.35. The molecule has 1 saturated heterocycles. The number of nitrogens with two attached hydrogens (primary N) is 1. The zero-order valence-corrected chi connectivity index (χ0v) is 11.3. The summed E-state index contributed by atoms with van der Waals surface area (Å²) in [5, 5.41) is 13.3. The lowest BCUT2D eigenvalue weighted by Crippen LogP contribution is -2.39. The molecular formula is C13H17N5O2. The highest BCUT2D eigenvalue weighted by molar-refractivity contribution is 5.71. The smallest absolute Gasteiger partial charge is 0.308 e. The number of piperidine rings is 1. The Hall–Kier alpha value is -2.31. The number of pyridine rings is 1. The van der Waals surface area contributed by atoms with Gasteiger partial charge in [0, 0.05) is 13.1 Å². The lowest BCUT2D eigenvalue weighted by molar-refractivity contribution is -0.141. The third-order valence-electron chi connectivity index (χ3n) is 3.78. The Morgan fingerprint density at radius 3 is 3.10 bits per heavy atom. The van der Waals surface area contributed by atoms with Gasteiger partial charge in [0.1, 0.15) is 0 Å². The van der Waals surface area contributed by atoms with Gasteiger partial charge in [-0.05, 0) is 31.4 Å². The number of aromatic nitrogens is 3. The summed E-state index contributed by atoms with van der Waals surface area (Å²) in [6.45, 7) is 3.39. The van der Waals surface area contributed by atoms with Gasteiger partial charge in [-0.3, -0.25) is 4.79 Å². The number of nitrogens with zero attached hydrogens (tertiary/aromatic N) is 4. The van der Waals surface area contributed by atoms with E-state index in [1.54, 1.807) is 4.52 Å². The van der Waals surface area contributed by atoms with Crippen LogP contribution >= 0.6 is 0 Å². The summed E-state index contributed by atoms with van der Waals surface area (Å²) in [6, 6.07) is 1.92. The van der Waals surface area contributed by atoms with E-state index in [-0.39, 0.29) is 11.9 Å². The Kier molecular flexibility index (Phi) is 2.96. The standard InChI is InChI=1S/C13H17N5O2/c1-8-5-11-15-13(14)16-18(11)7-10(8)17-4-2-3-9(6-17)12(19)20/h5,7,9H,2-4,6H2,1H3,(H2,14,16)(H,19,20). The van der Waals surface area contributed by atoms with E-state index in [1.807, 2.05) is 19.2 Å². The summed E-state index contributed by atoms with van der Waals surface area (Å²) in [6.07, 6.45) is 3.50. The summed E-state index contributed by atoms with van der Waals surface area (Å²) in [4.78, 5) is 17.4. The molecule has 1 atom stereocenters. The van der Waals surface area contributed by atoms with Crippen LogP contribution in [0.15, 0.2) is 12.3 Å². The van der Waals surface area contributed by atoms with Crippen molar-refractivity contribution in [1.82, 2.24) is 14.6 Å². The predicted octanol–water partition coefficient (Wildman–Crippen LogP) is 0.921. The van der Waals surface area contributed by atoms with Crippen LogP contribution in [-0.2, 0) is 4.79 Å². The third kappa shape index (κ3) is 2.15. The second-order valence-electron chi connectivity index (χ2n) is 5.24. The number of carboxylic acids is 1. The molecule has 2 aromatic rings. The first kappa shape index (κ1) is 12.7. The highest BCUT2D eigenvalue weighted by Crippen LogP contribution is 2.27. The van der Waals surface area contributed by atoms with E-state index in [1.165, 1.54) is 0 Å². The van der Waals surface area contributed by atoms with E-state index < -0.39 is 5.97 Å². The minimum Gasteiger partial charge on any atom is -0.481 e. The number of hydrogen-bond acceptors (Lipinski definition) is 5. The van der Waals surface area contributed by atoms with Gasteiger partial charge in [-0.15, -0.1) is 5.10 Å². The van der Waals surface area contributed by atoms with Crippen LogP contribution in [0.25, 0.3) is 5.65 Å². The van der Waals surface area contributed by atoms with Gasteiger partial charge in [0.15, 0.2) is 5.65 Å². The monoisotopic (exact) mass is 275 g/mol. The lowest BCUT2D eigenvalue weighted by Gasteiger charge is -2.33. The molecule has 1 fully saturated rings. The van der Waals surface area contributed by atoms with Crippen molar-refractivity contribution in [3.05, 3.63) is 17.8 Å². The highest BCUT2D eigenvalue weighted by atomic mass is 16.4. The number of hydrogen-bond donors (Lipinski definition) is 2. The van der Waals surface area contributed by atoms with Crippen LogP contribution in [0.3, 0.4) is 0 Å². The fourth-order valence-corrected chi connectivity index (χ4v) is 2.76. The van der Waals surface area contributed by atoms with Gasteiger partial charge in [-0.25, -0.2) is 4.52 Å². The van der Waals surface area contributed by atoms with Gasteiger partial charge in [0.25, 0.3) is 0 Å². The topological polar surface area (TPSA) is 96.8 Å². The zero-order chi connectivity index (χ0) is 14.3. The number of nitrogen functional groups attached to an aromatic ring is 1. The second kappa shape index (κ2) is 4.66. The molecule has 0 amide bonds. The third-order valence-corrected chi connectivity index (χ3v) is 3.78.